The van der Waals surface area contributed by atoms with Gasteiger partial charge in [-0.25, -0.2) is 4.79 Å². The Labute approximate surface area is 124 Å². The number of hydrogen-bond donors (Lipinski definition) is 2. The molecule has 2 rings (SSSR count). The number of aromatic hydroxyl groups is 1. The first kappa shape index (κ1) is 15.4. The van der Waals surface area contributed by atoms with Gasteiger partial charge in [-0.1, -0.05) is 25.3 Å². The molecule has 0 heterocycles. The fourth-order valence-corrected chi connectivity index (χ4v) is 2.55. The predicted octanol–water partition coefficient (Wildman–Crippen LogP) is 2.25. The third kappa shape index (κ3) is 5.10. The van der Waals surface area contributed by atoms with Crippen LogP contribution in [0.25, 0.3) is 0 Å². The second kappa shape index (κ2) is 7.67. The van der Waals surface area contributed by atoms with Crippen LogP contribution >= 0.6 is 0 Å². The van der Waals surface area contributed by atoms with Crippen molar-refractivity contribution >= 4 is 11.9 Å². The number of phenols is 1. The third-order valence-electron chi connectivity index (χ3n) is 3.73. The van der Waals surface area contributed by atoms with Gasteiger partial charge in [-0.15, -0.1) is 0 Å². The second-order valence-electron chi connectivity index (χ2n) is 5.43. The van der Waals surface area contributed by atoms with E-state index in [2.05, 4.69) is 5.32 Å². The van der Waals surface area contributed by atoms with E-state index in [4.69, 9.17) is 4.74 Å². The van der Waals surface area contributed by atoms with Crippen molar-refractivity contribution in [1.29, 1.82) is 0 Å². The van der Waals surface area contributed by atoms with E-state index in [0.29, 0.717) is 12.5 Å². The fourth-order valence-electron chi connectivity index (χ4n) is 2.55. The Morgan fingerprint density at radius 1 is 1.24 bits per heavy atom. The summed E-state index contributed by atoms with van der Waals surface area (Å²) in [4.78, 5) is 23.3. The summed E-state index contributed by atoms with van der Waals surface area (Å²) in [6, 6.07) is 5.85. The van der Waals surface area contributed by atoms with E-state index < -0.39 is 5.97 Å². The molecule has 0 aromatic heterocycles. The standard InChI is InChI=1S/C16H21NO4/c18-14-8-4-7-13(9-14)16(20)21-11-15(19)17-10-12-5-2-1-3-6-12/h4,7-9,12,18H,1-3,5-6,10-11H2,(H,17,19). The highest BCUT2D eigenvalue weighted by molar-refractivity contribution is 5.91. The molecule has 0 unspecified atom stereocenters. The van der Waals surface area contributed by atoms with Crippen LogP contribution in [0.3, 0.4) is 0 Å². The Morgan fingerprint density at radius 3 is 2.71 bits per heavy atom. The number of hydrogen-bond acceptors (Lipinski definition) is 4. The van der Waals surface area contributed by atoms with Crippen LogP contribution in [-0.4, -0.2) is 30.1 Å². The van der Waals surface area contributed by atoms with Crippen molar-refractivity contribution in [2.75, 3.05) is 13.2 Å². The van der Waals surface area contributed by atoms with Crippen LogP contribution in [0.2, 0.25) is 0 Å². The molecule has 1 aromatic rings. The quantitative estimate of drug-likeness (QED) is 0.816. The molecule has 1 aliphatic rings. The maximum absolute atomic E-state index is 11.7. The molecular weight excluding hydrogens is 270 g/mol. The van der Waals surface area contributed by atoms with Crippen LogP contribution in [-0.2, 0) is 9.53 Å². The molecule has 1 amide bonds. The lowest BCUT2D eigenvalue weighted by molar-refractivity contribution is -0.124. The molecule has 1 saturated carbocycles. The molecule has 0 bridgehead atoms. The zero-order valence-corrected chi connectivity index (χ0v) is 12.0. The van der Waals surface area contributed by atoms with Crippen molar-refractivity contribution < 1.29 is 19.4 Å². The number of esters is 1. The van der Waals surface area contributed by atoms with Crippen LogP contribution in [0.1, 0.15) is 42.5 Å². The average molecular weight is 291 g/mol. The zero-order chi connectivity index (χ0) is 15.1. The van der Waals surface area contributed by atoms with E-state index in [9.17, 15) is 14.7 Å². The number of phenolic OH excluding ortho intramolecular Hbond substituents is 1. The van der Waals surface area contributed by atoms with Crippen molar-refractivity contribution in [3.05, 3.63) is 29.8 Å². The summed E-state index contributed by atoms with van der Waals surface area (Å²) in [6.45, 7) is 0.365. The highest BCUT2D eigenvalue weighted by Gasteiger charge is 2.15. The SMILES string of the molecule is O=C(COC(=O)c1cccc(O)c1)NCC1CCCCC1. The number of rotatable bonds is 5. The summed E-state index contributed by atoms with van der Waals surface area (Å²) >= 11 is 0. The number of carbonyl (C=O) groups is 2. The summed E-state index contributed by atoms with van der Waals surface area (Å²) in [5.74, 6) is -0.358. The first-order chi connectivity index (χ1) is 10.1. The molecule has 0 atom stereocenters. The van der Waals surface area contributed by atoms with Gasteiger partial charge < -0.3 is 15.2 Å². The molecule has 114 valence electrons. The molecule has 21 heavy (non-hydrogen) atoms. The summed E-state index contributed by atoms with van der Waals surface area (Å²) < 4.78 is 4.92. The minimum Gasteiger partial charge on any atom is -0.508 e. The molecule has 1 aromatic carbocycles. The number of benzene rings is 1. The van der Waals surface area contributed by atoms with Gasteiger partial charge in [0, 0.05) is 6.54 Å². The maximum atomic E-state index is 11.7. The normalized spacial score (nSPS) is 15.4. The Hall–Kier alpha value is -2.04. The lowest BCUT2D eigenvalue weighted by atomic mass is 9.89. The molecule has 1 aliphatic carbocycles. The van der Waals surface area contributed by atoms with Crippen LogP contribution < -0.4 is 5.32 Å². The fraction of sp³-hybridized carbons (Fsp3) is 0.500. The molecule has 0 saturated heterocycles. The monoisotopic (exact) mass is 291 g/mol. The van der Waals surface area contributed by atoms with Gasteiger partial charge in [0.05, 0.1) is 5.56 Å². The summed E-state index contributed by atoms with van der Waals surface area (Å²) in [5.41, 5.74) is 0.232. The number of nitrogens with one attached hydrogen (secondary N) is 1. The Kier molecular flexibility index (Phi) is 5.60. The van der Waals surface area contributed by atoms with Crippen LogP contribution in [0, 0.1) is 5.92 Å². The van der Waals surface area contributed by atoms with E-state index in [1.165, 1.54) is 37.5 Å². The highest BCUT2D eigenvalue weighted by Crippen LogP contribution is 2.22. The molecule has 0 spiro atoms. The minimum atomic E-state index is -0.612. The maximum Gasteiger partial charge on any atom is 0.338 e. The molecule has 5 heteroatoms. The number of amides is 1. The van der Waals surface area contributed by atoms with E-state index in [1.807, 2.05) is 0 Å². The topological polar surface area (TPSA) is 75.6 Å². The molecular formula is C16H21NO4. The van der Waals surface area contributed by atoms with Gasteiger partial charge in [-0.3, -0.25) is 4.79 Å². The zero-order valence-electron chi connectivity index (χ0n) is 12.0. The third-order valence-corrected chi connectivity index (χ3v) is 3.73. The summed E-state index contributed by atoms with van der Waals surface area (Å²) in [7, 11) is 0. The van der Waals surface area contributed by atoms with Crippen LogP contribution in [0.5, 0.6) is 5.75 Å². The van der Waals surface area contributed by atoms with E-state index >= 15 is 0 Å². The van der Waals surface area contributed by atoms with E-state index in [0.717, 1.165) is 12.8 Å². The summed E-state index contributed by atoms with van der Waals surface area (Å²) in [6.07, 6.45) is 6.05. The van der Waals surface area contributed by atoms with Crippen molar-refractivity contribution in [1.82, 2.24) is 5.32 Å². The molecule has 1 fully saturated rings. The van der Waals surface area contributed by atoms with Crippen molar-refractivity contribution in [3.63, 3.8) is 0 Å². The Morgan fingerprint density at radius 2 is 2.00 bits per heavy atom. The number of carbonyl (C=O) groups excluding carboxylic acids is 2. The minimum absolute atomic E-state index is 0.00815. The smallest absolute Gasteiger partial charge is 0.338 e. The van der Waals surface area contributed by atoms with Crippen molar-refractivity contribution in [2.45, 2.75) is 32.1 Å². The van der Waals surface area contributed by atoms with Crippen molar-refractivity contribution in [3.8, 4) is 5.75 Å². The lowest BCUT2D eigenvalue weighted by Crippen LogP contribution is -2.33. The highest BCUT2D eigenvalue weighted by atomic mass is 16.5. The second-order valence-corrected chi connectivity index (χ2v) is 5.43. The average Bonchev–Trinajstić information content (AvgIpc) is 2.51. The van der Waals surface area contributed by atoms with E-state index in [1.54, 1.807) is 6.07 Å². The van der Waals surface area contributed by atoms with Crippen LogP contribution in [0.15, 0.2) is 24.3 Å². The molecule has 5 nitrogen and oxygen atoms in total. The largest absolute Gasteiger partial charge is 0.508 e. The van der Waals surface area contributed by atoms with Gasteiger partial charge in [0.15, 0.2) is 6.61 Å². The van der Waals surface area contributed by atoms with Gasteiger partial charge in [-0.2, -0.15) is 0 Å². The van der Waals surface area contributed by atoms with Gasteiger partial charge in [-0.05, 0) is 37.0 Å². The first-order valence-corrected chi connectivity index (χ1v) is 7.38. The lowest BCUT2D eigenvalue weighted by Gasteiger charge is -2.21. The Bertz CT molecular complexity index is 495. The molecule has 0 radical (unpaired) electrons. The molecule has 2 N–H and O–H groups in total. The first-order valence-electron chi connectivity index (χ1n) is 7.38. The van der Waals surface area contributed by atoms with Crippen LogP contribution in [0.4, 0.5) is 0 Å². The summed E-state index contributed by atoms with van der Waals surface area (Å²) in [5, 5.41) is 12.1. The predicted molar refractivity (Wildman–Crippen MR) is 78.0 cm³/mol. The van der Waals surface area contributed by atoms with Gasteiger partial charge >= 0.3 is 5.97 Å². The van der Waals surface area contributed by atoms with Gasteiger partial charge in [0.1, 0.15) is 5.75 Å². The number of ether oxygens (including phenoxy) is 1. The Balaban J connectivity index is 1.69. The van der Waals surface area contributed by atoms with E-state index in [-0.39, 0.29) is 23.8 Å². The molecule has 0 aliphatic heterocycles. The van der Waals surface area contributed by atoms with Crippen molar-refractivity contribution in [2.24, 2.45) is 5.92 Å². The van der Waals surface area contributed by atoms with Gasteiger partial charge in [0.2, 0.25) is 0 Å². The van der Waals surface area contributed by atoms with Gasteiger partial charge in [0.25, 0.3) is 5.91 Å².